The van der Waals surface area contributed by atoms with Gasteiger partial charge in [0.15, 0.2) is 11.4 Å². The number of Topliss-reactive ketones (excluding diaryl/α,β-unsaturated/α-hetero) is 1. The predicted octanol–water partition coefficient (Wildman–Crippen LogP) is 5.11. The topological polar surface area (TPSA) is 56.5 Å². The SMILES string of the molecule is COCc1nn2c3c(cnc2c1-c1cccc(Cl)c1)C(=O)CC(c1ccccc1)C3. The second-order valence-corrected chi connectivity index (χ2v) is 7.99. The van der Waals surface area contributed by atoms with Crippen molar-refractivity contribution in [1.29, 1.82) is 0 Å². The molecule has 0 spiro atoms. The molecule has 2 aromatic carbocycles. The number of hydrogen-bond donors (Lipinski definition) is 0. The predicted molar refractivity (Wildman–Crippen MR) is 116 cm³/mol. The minimum Gasteiger partial charge on any atom is -0.378 e. The molecule has 5 rings (SSSR count). The van der Waals surface area contributed by atoms with Crippen molar-refractivity contribution in [1.82, 2.24) is 14.6 Å². The van der Waals surface area contributed by atoms with Crippen LogP contribution in [-0.4, -0.2) is 27.5 Å². The molecule has 2 heterocycles. The summed E-state index contributed by atoms with van der Waals surface area (Å²) in [6, 6.07) is 17.8. The molecule has 1 aliphatic rings. The van der Waals surface area contributed by atoms with Gasteiger partial charge in [0.2, 0.25) is 0 Å². The summed E-state index contributed by atoms with van der Waals surface area (Å²) in [5.41, 5.74) is 6.02. The highest BCUT2D eigenvalue weighted by Gasteiger charge is 2.30. The molecular weight excluding hydrogens is 398 g/mol. The Labute approximate surface area is 179 Å². The Balaban J connectivity index is 1.70. The molecule has 1 aliphatic carbocycles. The van der Waals surface area contributed by atoms with Gasteiger partial charge < -0.3 is 4.74 Å². The van der Waals surface area contributed by atoms with E-state index in [1.54, 1.807) is 13.3 Å². The average Bonchev–Trinajstić information content (AvgIpc) is 3.13. The number of hydrogen-bond acceptors (Lipinski definition) is 4. The van der Waals surface area contributed by atoms with Gasteiger partial charge in [-0.1, -0.05) is 54.1 Å². The van der Waals surface area contributed by atoms with Gasteiger partial charge in [0.05, 0.1) is 29.1 Å². The molecule has 1 atom stereocenters. The lowest BCUT2D eigenvalue weighted by Crippen LogP contribution is -2.22. The number of halogens is 1. The molecular formula is C24H20ClN3O2. The third-order valence-electron chi connectivity index (χ3n) is 5.65. The number of ether oxygens (including phenoxy) is 1. The van der Waals surface area contributed by atoms with Crippen LogP contribution in [-0.2, 0) is 17.8 Å². The highest BCUT2D eigenvalue weighted by atomic mass is 35.5. The fraction of sp³-hybridized carbons (Fsp3) is 0.208. The van der Waals surface area contributed by atoms with Crippen LogP contribution in [0.4, 0.5) is 0 Å². The zero-order valence-electron chi connectivity index (χ0n) is 16.5. The first-order valence-electron chi connectivity index (χ1n) is 9.88. The summed E-state index contributed by atoms with van der Waals surface area (Å²) < 4.78 is 7.23. The van der Waals surface area contributed by atoms with E-state index in [0.717, 1.165) is 28.9 Å². The highest BCUT2D eigenvalue weighted by Crippen LogP contribution is 2.36. The molecule has 5 nitrogen and oxygen atoms in total. The molecule has 30 heavy (non-hydrogen) atoms. The number of nitrogens with zero attached hydrogens (tertiary/aromatic N) is 3. The number of carbonyl (C=O) groups excluding carboxylic acids is 1. The minimum absolute atomic E-state index is 0.104. The fourth-order valence-electron chi connectivity index (χ4n) is 4.28. The first-order valence-corrected chi connectivity index (χ1v) is 10.3. The van der Waals surface area contributed by atoms with E-state index < -0.39 is 0 Å². The molecule has 0 fully saturated rings. The Morgan fingerprint density at radius 3 is 2.73 bits per heavy atom. The lowest BCUT2D eigenvalue weighted by molar-refractivity contribution is 0.0962. The minimum atomic E-state index is 0.104. The first-order chi connectivity index (χ1) is 14.7. The molecule has 6 heteroatoms. The van der Waals surface area contributed by atoms with Crippen molar-refractivity contribution < 1.29 is 9.53 Å². The third-order valence-corrected chi connectivity index (χ3v) is 5.89. The molecule has 4 aromatic rings. The van der Waals surface area contributed by atoms with Gasteiger partial charge in [-0.2, -0.15) is 5.10 Å². The van der Waals surface area contributed by atoms with Gasteiger partial charge in [0.25, 0.3) is 0 Å². The number of ketones is 1. The molecule has 0 saturated carbocycles. The lowest BCUT2D eigenvalue weighted by atomic mass is 9.82. The van der Waals surface area contributed by atoms with E-state index in [4.69, 9.17) is 21.4 Å². The van der Waals surface area contributed by atoms with E-state index in [0.29, 0.717) is 29.3 Å². The van der Waals surface area contributed by atoms with Crippen molar-refractivity contribution >= 4 is 23.0 Å². The summed E-state index contributed by atoms with van der Waals surface area (Å²) in [5, 5.41) is 5.46. The number of fused-ring (bicyclic) bond motifs is 3. The van der Waals surface area contributed by atoms with Crippen LogP contribution in [0, 0.1) is 0 Å². The van der Waals surface area contributed by atoms with Crippen LogP contribution in [0.25, 0.3) is 16.8 Å². The van der Waals surface area contributed by atoms with Gasteiger partial charge in [-0.3, -0.25) is 4.79 Å². The second-order valence-electron chi connectivity index (χ2n) is 7.56. The maximum absolute atomic E-state index is 12.9. The summed E-state index contributed by atoms with van der Waals surface area (Å²) in [4.78, 5) is 17.6. The van der Waals surface area contributed by atoms with Crippen molar-refractivity contribution in [2.75, 3.05) is 7.11 Å². The van der Waals surface area contributed by atoms with Crippen molar-refractivity contribution in [3.05, 3.63) is 88.3 Å². The summed E-state index contributed by atoms with van der Waals surface area (Å²) in [6.07, 6.45) is 2.91. The maximum atomic E-state index is 12.9. The van der Waals surface area contributed by atoms with Gasteiger partial charge in [-0.05, 0) is 35.6 Å². The summed E-state index contributed by atoms with van der Waals surface area (Å²) >= 11 is 6.24. The van der Waals surface area contributed by atoms with E-state index in [2.05, 4.69) is 17.1 Å². The third kappa shape index (κ3) is 3.20. The molecule has 0 saturated heterocycles. The largest absolute Gasteiger partial charge is 0.378 e. The average molecular weight is 418 g/mol. The molecule has 1 unspecified atom stereocenters. The van der Waals surface area contributed by atoms with E-state index in [1.807, 2.05) is 47.0 Å². The van der Waals surface area contributed by atoms with Gasteiger partial charge in [-0.25, -0.2) is 9.50 Å². The number of rotatable bonds is 4. The molecule has 0 aliphatic heterocycles. The van der Waals surface area contributed by atoms with Crippen molar-refractivity contribution in [3.63, 3.8) is 0 Å². The Morgan fingerprint density at radius 1 is 1.13 bits per heavy atom. The van der Waals surface area contributed by atoms with Crippen LogP contribution < -0.4 is 0 Å². The molecule has 0 N–H and O–H groups in total. The number of benzene rings is 2. The van der Waals surface area contributed by atoms with Crippen LogP contribution in [0.3, 0.4) is 0 Å². The van der Waals surface area contributed by atoms with E-state index >= 15 is 0 Å². The Bertz CT molecular complexity index is 1250. The molecule has 2 aromatic heterocycles. The highest BCUT2D eigenvalue weighted by molar-refractivity contribution is 6.30. The quantitative estimate of drug-likeness (QED) is 0.463. The summed E-state index contributed by atoms with van der Waals surface area (Å²) in [7, 11) is 1.64. The van der Waals surface area contributed by atoms with Crippen LogP contribution in [0.5, 0.6) is 0 Å². The zero-order chi connectivity index (χ0) is 20.7. The van der Waals surface area contributed by atoms with Crippen LogP contribution in [0.15, 0.2) is 60.8 Å². The lowest BCUT2D eigenvalue weighted by Gasteiger charge is -2.24. The van der Waals surface area contributed by atoms with Gasteiger partial charge in [0.1, 0.15) is 0 Å². The van der Waals surface area contributed by atoms with E-state index in [9.17, 15) is 4.79 Å². The number of aromatic nitrogens is 3. The summed E-state index contributed by atoms with van der Waals surface area (Å²) in [6.45, 7) is 0.343. The number of methoxy groups -OCH3 is 1. The second kappa shape index (κ2) is 7.67. The molecule has 0 bridgehead atoms. The first kappa shape index (κ1) is 19.0. The Morgan fingerprint density at radius 2 is 1.97 bits per heavy atom. The Hall–Kier alpha value is -3.02. The van der Waals surface area contributed by atoms with E-state index in [1.165, 1.54) is 5.56 Å². The monoisotopic (exact) mass is 417 g/mol. The van der Waals surface area contributed by atoms with Crippen molar-refractivity contribution in [2.45, 2.75) is 25.4 Å². The Kier molecular flexibility index (Phi) is 4.85. The standard InChI is InChI=1S/C24H20ClN3O2/c1-30-14-20-23(16-8-5-9-18(25)10-16)24-26-13-19-21(28(24)27-20)11-17(12-22(19)29)15-6-3-2-4-7-15/h2-10,13,17H,11-12,14H2,1H3. The maximum Gasteiger partial charge on any atom is 0.166 e. The van der Waals surface area contributed by atoms with E-state index in [-0.39, 0.29) is 11.7 Å². The molecule has 0 amide bonds. The summed E-state index contributed by atoms with van der Waals surface area (Å²) in [5.74, 6) is 0.231. The van der Waals surface area contributed by atoms with Gasteiger partial charge in [0, 0.05) is 24.8 Å². The smallest absolute Gasteiger partial charge is 0.166 e. The van der Waals surface area contributed by atoms with Gasteiger partial charge in [-0.15, -0.1) is 0 Å². The molecule has 0 radical (unpaired) electrons. The van der Waals surface area contributed by atoms with Crippen LogP contribution in [0.1, 0.15) is 39.6 Å². The van der Waals surface area contributed by atoms with Crippen molar-refractivity contribution in [3.8, 4) is 11.1 Å². The van der Waals surface area contributed by atoms with Gasteiger partial charge >= 0.3 is 0 Å². The van der Waals surface area contributed by atoms with Crippen molar-refractivity contribution in [2.24, 2.45) is 0 Å². The molecule has 150 valence electrons. The van der Waals surface area contributed by atoms with Crippen LogP contribution >= 0.6 is 11.6 Å². The van der Waals surface area contributed by atoms with Crippen LogP contribution in [0.2, 0.25) is 5.02 Å². The number of carbonyl (C=O) groups is 1. The fourth-order valence-corrected chi connectivity index (χ4v) is 4.47. The normalized spacial score (nSPS) is 16.1. The zero-order valence-corrected chi connectivity index (χ0v) is 17.3.